The zero-order chi connectivity index (χ0) is 31.0. The van der Waals surface area contributed by atoms with Crippen molar-refractivity contribution in [3.8, 4) is 11.5 Å². The van der Waals surface area contributed by atoms with Crippen LogP contribution in [0.25, 0.3) is 0 Å². The molecule has 44 heavy (non-hydrogen) atoms. The maximum atomic E-state index is 14.8. The molecule has 0 radical (unpaired) electrons. The standard InChI is InChI=1S/C35H28N2O7/c1-43-23-15-11-21(12-16-23)19-29(36-32(39)25-7-3-4-8-26(25)33(36)40)31(38)30(20-22-13-17-24(44-2)18-14-22)37-34(41)27-9-5-6-10-28(27)35(37)42/h3-18,29-30H,19-20H2,1-2H3/t29-,30-/m0/s1. The fourth-order valence-corrected chi connectivity index (χ4v) is 5.81. The summed E-state index contributed by atoms with van der Waals surface area (Å²) in [5.41, 5.74) is 2.09. The van der Waals surface area contributed by atoms with Crippen LogP contribution in [0.5, 0.6) is 11.5 Å². The Morgan fingerprint density at radius 2 is 0.818 bits per heavy atom. The van der Waals surface area contributed by atoms with Gasteiger partial charge in [-0.1, -0.05) is 48.5 Å². The number of carbonyl (C=O) groups excluding carboxylic acids is 5. The van der Waals surface area contributed by atoms with Gasteiger partial charge < -0.3 is 9.47 Å². The molecule has 0 spiro atoms. The second-order valence-electron chi connectivity index (χ2n) is 10.6. The lowest BCUT2D eigenvalue weighted by atomic mass is 9.91. The van der Waals surface area contributed by atoms with Crippen molar-refractivity contribution in [2.75, 3.05) is 14.2 Å². The van der Waals surface area contributed by atoms with Gasteiger partial charge in [0, 0.05) is 12.8 Å². The van der Waals surface area contributed by atoms with Gasteiger partial charge in [-0.2, -0.15) is 0 Å². The number of methoxy groups -OCH3 is 2. The zero-order valence-corrected chi connectivity index (χ0v) is 24.1. The van der Waals surface area contributed by atoms with Gasteiger partial charge in [0.15, 0.2) is 5.78 Å². The quantitative estimate of drug-likeness (QED) is 0.253. The second kappa shape index (κ2) is 11.6. The molecule has 0 aromatic heterocycles. The molecule has 2 aliphatic rings. The highest BCUT2D eigenvalue weighted by Gasteiger charge is 2.49. The van der Waals surface area contributed by atoms with Crippen LogP contribution in [0.15, 0.2) is 97.1 Å². The summed E-state index contributed by atoms with van der Waals surface area (Å²) in [6.45, 7) is 0. The van der Waals surface area contributed by atoms with Gasteiger partial charge in [0.2, 0.25) is 0 Å². The monoisotopic (exact) mass is 588 g/mol. The summed E-state index contributed by atoms with van der Waals surface area (Å²) in [4.78, 5) is 71.5. The fraction of sp³-hybridized carbons (Fsp3) is 0.171. The number of fused-ring (bicyclic) bond motifs is 2. The van der Waals surface area contributed by atoms with Gasteiger partial charge in [0.25, 0.3) is 23.6 Å². The number of imide groups is 2. The lowest BCUT2D eigenvalue weighted by Crippen LogP contribution is -2.56. The lowest BCUT2D eigenvalue weighted by molar-refractivity contribution is -0.126. The predicted molar refractivity (Wildman–Crippen MR) is 160 cm³/mol. The molecular weight excluding hydrogens is 560 g/mol. The zero-order valence-electron chi connectivity index (χ0n) is 24.1. The number of nitrogens with zero attached hydrogens (tertiary/aromatic N) is 2. The van der Waals surface area contributed by atoms with Gasteiger partial charge in [-0.3, -0.25) is 33.8 Å². The van der Waals surface area contributed by atoms with Crippen LogP contribution in [-0.2, 0) is 17.6 Å². The minimum atomic E-state index is -1.32. The molecule has 2 aliphatic heterocycles. The van der Waals surface area contributed by atoms with Crippen LogP contribution in [0.3, 0.4) is 0 Å². The van der Waals surface area contributed by atoms with Crippen molar-refractivity contribution in [1.29, 1.82) is 0 Å². The summed E-state index contributed by atoms with van der Waals surface area (Å²) < 4.78 is 10.5. The summed E-state index contributed by atoms with van der Waals surface area (Å²) in [6.07, 6.45) is -0.0623. The Labute approximate surface area is 253 Å². The molecule has 6 rings (SSSR count). The molecule has 220 valence electrons. The fourth-order valence-electron chi connectivity index (χ4n) is 5.81. The van der Waals surface area contributed by atoms with Crippen molar-refractivity contribution in [3.05, 3.63) is 130 Å². The van der Waals surface area contributed by atoms with Gasteiger partial charge in [-0.15, -0.1) is 0 Å². The summed E-state index contributed by atoms with van der Waals surface area (Å²) in [7, 11) is 3.07. The van der Waals surface area contributed by atoms with Crippen LogP contribution in [0.2, 0.25) is 0 Å². The largest absolute Gasteiger partial charge is 0.497 e. The summed E-state index contributed by atoms with van der Waals surface area (Å²) in [6, 6.07) is 24.0. The van der Waals surface area contributed by atoms with Crippen molar-refractivity contribution in [3.63, 3.8) is 0 Å². The Morgan fingerprint density at radius 1 is 0.523 bits per heavy atom. The number of Topliss-reactive ketones (excluding diaryl/α,β-unsaturated/α-hetero) is 1. The number of rotatable bonds is 10. The van der Waals surface area contributed by atoms with Crippen molar-refractivity contribution < 1.29 is 33.4 Å². The number of ketones is 1. The first-order valence-electron chi connectivity index (χ1n) is 14.1. The molecule has 0 saturated carbocycles. The molecule has 9 nitrogen and oxygen atoms in total. The topological polar surface area (TPSA) is 110 Å². The third-order valence-electron chi connectivity index (χ3n) is 8.11. The molecule has 0 fully saturated rings. The summed E-state index contributed by atoms with van der Waals surface area (Å²) >= 11 is 0. The highest BCUT2D eigenvalue weighted by molar-refractivity contribution is 6.25. The molecule has 0 aliphatic carbocycles. The Balaban J connectivity index is 1.44. The van der Waals surface area contributed by atoms with E-state index in [1.54, 1.807) is 97.1 Å². The molecule has 0 unspecified atom stereocenters. The number of carbonyl (C=O) groups is 5. The smallest absolute Gasteiger partial charge is 0.262 e. The van der Waals surface area contributed by atoms with Gasteiger partial charge in [0.1, 0.15) is 23.6 Å². The highest BCUT2D eigenvalue weighted by atomic mass is 16.5. The maximum absolute atomic E-state index is 14.8. The van der Waals surface area contributed by atoms with E-state index in [2.05, 4.69) is 0 Å². The van der Waals surface area contributed by atoms with E-state index in [1.807, 2.05) is 0 Å². The van der Waals surface area contributed by atoms with Crippen LogP contribution in [-0.4, -0.2) is 65.5 Å². The Hall–Kier alpha value is -5.57. The first-order valence-corrected chi connectivity index (χ1v) is 14.1. The SMILES string of the molecule is COc1ccc(C[C@@H](C(=O)[C@H](Cc2ccc(OC)cc2)N2C(=O)c3ccccc3C2=O)N2C(=O)c3ccccc3C2=O)cc1. The molecule has 4 amide bonds. The number of amides is 4. The first kappa shape index (κ1) is 28.5. The molecule has 2 heterocycles. The van der Waals surface area contributed by atoms with E-state index in [1.165, 1.54) is 14.2 Å². The number of benzene rings is 4. The summed E-state index contributed by atoms with van der Waals surface area (Å²) in [5.74, 6) is -1.85. The van der Waals surface area contributed by atoms with Crippen molar-refractivity contribution in [1.82, 2.24) is 9.80 Å². The Bertz CT molecular complexity index is 1600. The highest BCUT2D eigenvalue weighted by Crippen LogP contribution is 2.31. The van der Waals surface area contributed by atoms with E-state index in [-0.39, 0.29) is 35.1 Å². The summed E-state index contributed by atoms with van der Waals surface area (Å²) in [5, 5.41) is 0. The lowest BCUT2D eigenvalue weighted by Gasteiger charge is -2.32. The van der Waals surface area contributed by atoms with E-state index in [9.17, 15) is 24.0 Å². The van der Waals surface area contributed by atoms with E-state index in [4.69, 9.17) is 9.47 Å². The van der Waals surface area contributed by atoms with Crippen molar-refractivity contribution in [2.45, 2.75) is 24.9 Å². The molecule has 4 aromatic rings. The minimum absolute atomic E-state index is 0.0312. The van der Waals surface area contributed by atoms with E-state index in [0.29, 0.717) is 22.6 Å². The molecular formula is C35H28N2O7. The normalized spacial score (nSPS) is 15.2. The molecule has 0 bridgehead atoms. The van der Waals surface area contributed by atoms with Gasteiger partial charge in [-0.05, 0) is 59.7 Å². The Kier molecular flexibility index (Phi) is 7.53. The second-order valence-corrected chi connectivity index (χ2v) is 10.6. The number of hydrogen-bond acceptors (Lipinski definition) is 7. The predicted octanol–water partition coefficient (Wildman–Crippen LogP) is 4.39. The molecule has 4 aromatic carbocycles. The van der Waals surface area contributed by atoms with Crippen molar-refractivity contribution in [2.24, 2.45) is 0 Å². The van der Waals surface area contributed by atoms with Crippen LogP contribution in [0, 0.1) is 0 Å². The maximum Gasteiger partial charge on any atom is 0.262 e. The van der Waals surface area contributed by atoms with Crippen LogP contribution < -0.4 is 9.47 Å². The minimum Gasteiger partial charge on any atom is -0.497 e. The Morgan fingerprint density at radius 3 is 1.09 bits per heavy atom. The van der Waals surface area contributed by atoms with Gasteiger partial charge >= 0.3 is 0 Å². The van der Waals surface area contributed by atoms with E-state index >= 15 is 0 Å². The van der Waals surface area contributed by atoms with Gasteiger partial charge in [0.05, 0.1) is 36.5 Å². The van der Waals surface area contributed by atoms with Gasteiger partial charge in [-0.25, -0.2) is 0 Å². The molecule has 2 atom stereocenters. The average Bonchev–Trinajstić information content (AvgIpc) is 3.47. The molecule has 0 N–H and O–H groups in total. The number of hydrogen-bond donors (Lipinski definition) is 0. The number of ether oxygens (including phenoxy) is 2. The third kappa shape index (κ3) is 4.92. The third-order valence-corrected chi connectivity index (χ3v) is 8.11. The van der Waals surface area contributed by atoms with Crippen LogP contribution in [0.4, 0.5) is 0 Å². The van der Waals surface area contributed by atoms with E-state index in [0.717, 1.165) is 9.80 Å². The van der Waals surface area contributed by atoms with E-state index < -0.39 is 41.5 Å². The average molecular weight is 589 g/mol. The van der Waals surface area contributed by atoms with Crippen molar-refractivity contribution >= 4 is 29.4 Å². The first-order chi connectivity index (χ1) is 21.3. The molecule has 0 saturated heterocycles. The van der Waals surface area contributed by atoms with Crippen LogP contribution in [0.1, 0.15) is 52.6 Å². The van der Waals surface area contributed by atoms with Crippen LogP contribution >= 0.6 is 0 Å². The molecule has 9 heteroatoms.